The van der Waals surface area contributed by atoms with Gasteiger partial charge in [-0.2, -0.15) is 0 Å². The van der Waals surface area contributed by atoms with E-state index in [1.54, 1.807) is 6.20 Å². The Morgan fingerprint density at radius 2 is 2.26 bits per heavy atom. The third-order valence-corrected chi connectivity index (χ3v) is 3.31. The first kappa shape index (κ1) is 13.9. The van der Waals surface area contributed by atoms with Crippen LogP contribution >= 0.6 is 12.4 Å². The second-order valence-electron chi connectivity index (χ2n) is 5.07. The van der Waals surface area contributed by atoms with E-state index in [2.05, 4.69) is 28.3 Å². The van der Waals surface area contributed by atoms with E-state index >= 15 is 0 Å². The van der Waals surface area contributed by atoms with E-state index in [9.17, 15) is 0 Å². The van der Waals surface area contributed by atoms with Gasteiger partial charge in [-0.05, 0) is 42.9 Å². The van der Waals surface area contributed by atoms with Crippen LogP contribution in [0.1, 0.15) is 24.0 Å². The average Bonchev–Trinajstić information content (AvgIpc) is 3.05. The van der Waals surface area contributed by atoms with Crippen LogP contribution in [-0.4, -0.2) is 21.1 Å². The molecule has 0 bridgehead atoms. The summed E-state index contributed by atoms with van der Waals surface area (Å²) in [6.45, 7) is 4.01. The Bertz CT molecular complexity index is 520. The highest BCUT2D eigenvalue weighted by Crippen LogP contribution is 2.29. The Labute approximate surface area is 119 Å². The molecule has 3 rings (SSSR count). The largest absolute Gasteiger partial charge is 0.370 e. The molecule has 0 saturated heterocycles. The van der Waals surface area contributed by atoms with Crippen LogP contribution in [-0.2, 0) is 6.54 Å². The highest BCUT2D eigenvalue weighted by molar-refractivity contribution is 5.85. The summed E-state index contributed by atoms with van der Waals surface area (Å²) in [5.41, 5.74) is 2.43. The summed E-state index contributed by atoms with van der Waals surface area (Å²) >= 11 is 0. The SMILES string of the molecule is Cc1cc(Cn2ccnc2)cnc1NCC1CC1.Cl. The molecule has 102 valence electrons. The minimum atomic E-state index is 0. The number of aryl methyl sites for hydroxylation is 1. The van der Waals surface area contributed by atoms with Gasteiger partial charge < -0.3 is 9.88 Å². The van der Waals surface area contributed by atoms with Gasteiger partial charge in [0.1, 0.15) is 5.82 Å². The monoisotopic (exact) mass is 278 g/mol. The van der Waals surface area contributed by atoms with Gasteiger partial charge in [0.05, 0.1) is 12.9 Å². The Hall–Kier alpha value is -1.55. The molecule has 0 radical (unpaired) electrons. The van der Waals surface area contributed by atoms with Crippen LogP contribution in [0.4, 0.5) is 5.82 Å². The predicted molar refractivity (Wildman–Crippen MR) is 78.8 cm³/mol. The molecule has 19 heavy (non-hydrogen) atoms. The van der Waals surface area contributed by atoms with Crippen molar-refractivity contribution in [3.05, 3.63) is 42.1 Å². The minimum absolute atomic E-state index is 0. The molecule has 0 atom stereocenters. The molecule has 2 aromatic heterocycles. The van der Waals surface area contributed by atoms with Gasteiger partial charge in [0, 0.05) is 25.1 Å². The second kappa shape index (κ2) is 6.06. The lowest BCUT2D eigenvalue weighted by Gasteiger charge is -2.10. The molecule has 0 spiro atoms. The molecule has 0 amide bonds. The molecule has 2 heterocycles. The van der Waals surface area contributed by atoms with Crippen molar-refractivity contribution < 1.29 is 0 Å². The lowest BCUT2D eigenvalue weighted by molar-refractivity contribution is 0.791. The molecular weight excluding hydrogens is 260 g/mol. The van der Waals surface area contributed by atoms with E-state index in [4.69, 9.17) is 0 Å². The molecule has 1 N–H and O–H groups in total. The van der Waals surface area contributed by atoms with E-state index in [1.165, 1.54) is 24.0 Å². The number of nitrogens with zero attached hydrogens (tertiary/aromatic N) is 3. The third-order valence-electron chi connectivity index (χ3n) is 3.31. The fourth-order valence-electron chi connectivity index (χ4n) is 2.06. The van der Waals surface area contributed by atoms with Gasteiger partial charge in [0.15, 0.2) is 0 Å². The van der Waals surface area contributed by atoms with E-state index in [-0.39, 0.29) is 12.4 Å². The number of halogens is 1. The molecule has 0 unspecified atom stereocenters. The van der Waals surface area contributed by atoms with Crippen LogP contribution in [0.25, 0.3) is 0 Å². The molecule has 1 fully saturated rings. The zero-order valence-corrected chi connectivity index (χ0v) is 11.9. The van der Waals surface area contributed by atoms with Crippen LogP contribution in [0.5, 0.6) is 0 Å². The minimum Gasteiger partial charge on any atom is -0.370 e. The highest BCUT2D eigenvalue weighted by Gasteiger charge is 2.20. The van der Waals surface area contributed by atoms with Crippen molar-refractivity contribution in [1.29, 1.82) is 0 Å². The van der Waals surface area contributed by atoms with Crippen molar-refractivity contribution in [2.45, 2.75) is 26.3 Å². The molecule has 5 heteroatoms. The number of rotatable bonds is 5. The zero-order chi connectivity index (χ0) is 12.4. The van der Waals surface area contributed by atoms with Crippen molar-refractivity contribution in [1.82, 2.24) is 14.5 Å². The van der Waals surface area contributed by atoms with E-state index in [0.29, 0.717) is 0 Å². The van der Waals surface area contributed by atoms with Gasteiger partial charge in [-0.25, -0.2) is 9.97 Å². The summed E-state index contributed by atoms with van der Waals surface area (Å²) in [6.07, 6.45) is 10.3. The lowest BCUT2D eigenvalue weighted by Crippen LogP contribution is -2.07. The van der Waals surface area contributed by atoms with Gasteiger partial charge in [-0.1, -0.05) is 0 Å². The summed E-state index contributed by atoms with van der Waals surface area (Å²) < 4.78 is 2.05. The number of imidazole rings is 1. The number of pyridine rings is 1. The first-order valence-electron chi connectivity index (χ1n) is 6.46. The molecule has 2 aromatic rings. The van der Waals surface area contributed by atoms with Crippen molar-refractivity contribution in [3.63, 3.8) is 0 Å². The molecule has 0 aliphatic heterocycles. The quantitative estimate of drug-likeness (QED) is 0.914. The fraction of sp³-hybridized carbons (Fsp3) is 0.429. The second-order valence-corrected chi connectivity index (χ2v) is 5.07. The van der Waals surface area contributed by atoms with Crippen molar-refractivity contribution in [2.24, 2.45) is 5.92 Å². The van der Waals surface area contributed by atoms with E-state index in [1.807, 2.05) is 23.3 Å². The Morgan fingerprint density at radius 1 is 1.42 bits per heavy atom. The molecule has 1 aliphatic rings. The van der Waals surface area contributed by atoms with Gasteiger partial charge in [-0.3, -0.25) is 0 Å². The van der Waals surface area contributed by atoms with Crippen LogP contribution in [0.2, 0.25) is 0 Å². The van der Waals surface area contributed by atoms with Gasteiger partial charge in [-0.15, -0.1) is 12.4 Å². The highest BCUT2D eigenvalue weighted by atomic mass is 35.5. The van der Waals surface area contributed by atoms with Crippen molar-refractivity contribution >= 4 is 18.2 Å². The fourth-order valence-corrected chi connectivity index (χ4v) is 2.06. The maximum atomic E-state index is 4.51. The number of hydrogen-bond acceptors (Lipinski definition) is 3. The number of aromatic nitrogens is 3. The summed E-state index contributed by atoms with van der Waals surface area (Å²) in [7, 11) is 0. The van der Waals surface area contributed by atoms with Crippen molar-refractivity contribution in [3.8, 4) is 0 Å². The van der Waals surface area contributed by atoms with Crippen molar-refractivity contribution in [2.75, 3.05) is 11.9 Å². The average molecular weight is 279 g/mol. The first-order valence-corrected chi connectivity index (χ1v) is 6.46. The standard InChI is InChI=1S/C14H18N4.ClH/c1-11-6-13(9-18-5-4-15-10-18)8-17-14(11)16-7-12-2-3-12;/h4-6,8,10,12H,2-3,7,9H2,1H3,(H,16,17);1H. The maximum absolute atomic E-state index is 4.51. The third kappa shape index (κ3) is 3.70. The normalized spacial score (nSPS) is 13.9. The molecule has 1 aliphatic carbocycles. The number of nitrogens with one attached hydrogen (secondary N) is 1. The Morgan fingerprint density at radius 3 is 2.89 bits per heavy atom. The van der Waals surface area contributed by atoms with Crippen LogP contribution < -0.4 is 5.32 Å². The van der Waals surface area contributed by atoms with Crippen LogP contribution in [0, 0.1) is 12.8 Å². The molecule has 1 saturated carbocycles. The Kier molecular flexibility index (Phi) is 4.43. The Balaban J connectivity index is 0.00000133. The maximum Gasteiger partial charge on any atom is 0.128 e. The smallest absolute Gasteiger partial charge is 0.128 e. The molecular formula is C14H19ClN4. The topological polar surface area (TPSA) is 42.7 Å². The molecule has 4 nitrogen and oxygen atoms in total. The lowest BCUT2D eigenvalue weighted by atomic mass is 10.2. The van der Waals surface area contributed by atoms with E-state index < -0.39 is 0 Å². The van der Waals surface area contributed by atoms with Gasteiger partial charge in [0.2, 0.25) is 0 Å². The molecule has 0 aromatic carbocycles. The summed E-state index contributed by atoms with van der Waals surface area (Å²) in [5.74, 6) is 1.90. The van der Waals surface area contributed by atoms with Crippen LogP contribution in [0.15, 0.2) is 31.0 Å². The van der Waals surface area contributed by atoms with Gasteiger partial charge >= 0.3 is 0 Å². The number of hydrogen-bond donors (Lipinski definition) is 1. The van der Waals surface area contributed by atoms with Gasteiger partial charge in [0.25, 0.3) is 0 Å². The van der Waals surface area contributed by atoms with Crippen LogP contribution in [0.3, 0.4) is 0 Å². The zero-order valence-electron chi connectivity index (χ0n) is 11.0. The van der Waals surface area contributed by atoms with E-state index in [0.717, 1.165) is 24.8 Å². The predicted octanol–water partition coefficient (Wildman–Crippen LogP) is 2.88. The summed E-state index contributed by atoms with van der Waals surface area (Å²) in [5, 5.41) is 3.43. The number of anilines is 1. The first-order chi connectivity index (χ1) is 8.81. The summed E-state index contributed by atoms with van der Waals surface area (Å²) in [4.78, 5) is 8.56. The summed E-state index contributed by atoms with van der Waals surface area (Å²) in [6, 6.07) is 2.20.